The number of H-pyrrole nitrogens is 1. The van der Waals surface area contributed by atoms with E-state index in [0.29, 0.717) is 15.5 Å². The number of nitrogens with zero attached hydrogens (tertiary/aromatic N) is 2. The first-order valence-electron chi connectivity index (χ1n) is 12.1. The first kappa shape index (κ1) is 29.8. The van der Waals surface area contributed by atoms with Gasteiger partial charge in [0.05, 0.1) is 18.2 Å². The molecule has 0 bridgehead atoms. The summed E-state index contributed by atoms with van der Waals surface area (Å²) in [7, 11) is -4.48. The standard InChI is InChI=1S/C24H27ClFN4O9P/c1-13(2)37-21(33)14(3)29-40(35,39-17-8-4-7-16-15(17)6-5-10-27-16)36-12-18-20(32)24(25,26)22(38-18)30-11-9-19(31)28-23(30)34/h4-11,13-14,18,20,22,32H,12H2,1-3H3,(H,29,35)(H,28,31,34)/t14-,18+,20+,22?,24+,40?/m0/s1. The number of aliphatic hydroxyl groups excluding tert-OH is 1. The molecule has 0 amide bonds. The van der Waals surface area contributed by atoms with Crippen LogP contribution in [0.25, 0.3) is 10.9 Å². The molecule has 1 fully saturated rings. The molecular weight excluding hydrogens is 574 g/mol. The number of aliphatic hydroxyl groups is 1. The van der Waals surface area contributed by atoms with E-state index in [1.165, 1.54) is 13.0 Å². The molecule has 2 unspecified atom stereocenters. The van der Waals surface area contributed by atoms with Gasteiger partial charge in [-0.05, 0) is 45.0 Å². The number of rotatable bonds is 10. The Labute approximate surface area is 231 Å². The second kappa shape index (κ2) is 11.8. The topological polar surface area (TPSA) is 171 Å². The number of halogens is 2. The van der Waals surface area contributed by atoms with E-state index < -0.39 is 67.3 Å². The number of pyridine rings is 1. The third kappa shape index (κ3) is 6.43. The number of ether oxygens (including phenoxy) is 2. The van der Waals surface area contributed by atoms with Gasteiger partial charge in [-0.15, -0.1) is 0 Å². The number of carbonyl (C=O) groups excluding carboxylic acids is 1. The minimum absolute atomic E-state index is 0.0913. The van der Waals surface area contributed by atoms with Crippen molar-refractivity contribution in [2.24, 2.45) is 0 Å². The Bertz CT molecular complexity index is 1540. The largest absolute Gasteiger partial charge is 0.462 e. The maximum absolute atomic E-state index is 15.4. The molecule has 3 N–H and O–H groups in total. The first-order valence-corrected chi connectivity index (χ1v) is 14.0. The van der Waals surface area contributed by atoms with Gasteiger partial charge in [-0.2, -0.15) is 5.09 Å². The summed E-state index contributed by atoms with van der Waals surface area (Å²) in [5, 5.41) is 10.5. The van der Waals surface area contributed by atoms with Crippen molar-refractivity contribution >= 4 is 36.2 Å². The number of aromatic amines is 1. The summed E-state index contributed by atoms with van der Waals surface area (Å²) >= 11 is 5.91. The number of alkyl halides is 2. The fourth-order valence-corrected chi connectivity index (χ4v) is 5.71. The summed E-state index contributed by atoms with van der Waals surface area (Å²) in [5.74, 6) is -0.659. The summed E-state index contributed by atoms with van der Waals surface area (Å²) in [6.45, 7) is 3.89. The van der Waals surface area contributed by atoms with Crippen molar-refractivity contribution in [3.63, 3.8) is 0 Å². The Morgan fingerprint density at radius 1 is 1.30 bits per heavy atom. The van der Waals surface area contributed by atoms with Crippen LogP contribution < -0.4 is 20.9 Å². The number of aromatic nitrogens is 3. The lowest BCUT2D eigenvalue weighted by atomic mass is 10.1. The lowest BCUT2D eigenvalue weighted by molar-refractivity contribution is -0.149. The molecule has 2 aromatic heterocycles. The van der Waals surface area contributed by atoms with Crippen molar-refractivity contribution in [2.45, 2.75) is 56.5 Å². The summed E-state index contributed by atoms with van der Waals surface area (Å²) in [6, 6.07) is 7.87. The van der Waals surface area contributed by atoms with Crippen LogP contribution in [0.4, 0.5) is 4.39 Å². The van der Waals surface area contributed by atoms with Crippen LogP contribution >= 0.6 is 19.3 Å². The van der Waals surface area contributed by atoms with Crippen molar-refractivity contribution in [2.75, 3.05) is 6.61 Å². The molecule has 40 heavy (non-hydrogen) atoms. The highest BCUT2D eigenvalue weighted by atomic mass is 35.5. The van der Waals surface area contributed by atoms with Crippen LogP contribution in [0.5, 0.6) is 5.75 Å². The van der Waals surface area contributed by atoms with E-state index in [1.54, 1.807) is 44.3 Å². The molecule has 0 aliphatic carbocycles. The van der Waals surface area contributed by atoms with E-state index in [-0.39, 0.29) is 5.75 Å². The van der Waals surface area contributed by atoms with E-state index in [4.69, 9.17) is 30.1 Å². The SMILES string of the molecule is CC(C)OC(=O)[C@H](C)NP(=O)(OC[C@H]1OC(n2ccc(=O)[nH]c2=O)[C@@](F)(Cl)[C@@H]1O)Oc1cccc2ncccc12. The molecule has 0 radical (unpaired) electrons. The fraction of sp³-hybridized carbons (Fsp3) is 0.417. The smallest absolute Gasteiger partial charge is 0.459 e. The monoisotopic (exact) mass is 600 g/mol. The number of carbonyl (C=O) groups is 1. The molecule has 0 saturated carbocycles. The molecule has 6 atom stereocenters. The van der Waals surface area contributed by atoms with Gasteiger partial charge in [0.25, 0.3) is 10.7 Å². The summed E-state index contributed by atoms with van der Waals surface area (Å²) < 4.78 is 51.9. The third-order valence-corrected chi connectivity index (χ3v) is 7.81. The molecular formula is C24H27ClFN4O9P. The molecule has 13 nitrogen and oxygen atoms in total. The normalized spacial score (nSPS) is 25.0. The van der Waals surface area contributed by atoms with Gasteiger partial charge < -0.3 is 19.1 Å². The highest BCUT2D eigenvalue weighted by Gasteiger charge is 2.58. The van der Waals surface area contributed by atoms with Crippen LogP contribution in [0, 0.1) is 0 Å². The molecule has 16 heteroatoms. The first-order chi connectivity index (χ1) is 18.8. The highest BCUT2D eigenvalue weighted by Crippen LogP contribution is 2.49. The molecule has 0 spiro atoms. The van der Waals surface area contributed by atoms with Crippen LogP contribution in [0.2, 0.25) is 0 Å². The number of benzene rings is 1. The second-order valence-electron chi connectivity index (χ2n) is 9.21. The van der Waals surface area contributed by atoms with Gasteiger partial charge in [0.1, 0.15) is 24.0 Å². The van der Waals surface area contributed by atoms with E-state index >= 15 is 4.39 Å². The van der Waals surface area contributed by atoms with Gasteiger partial charge in [-0.1, -0.05) is 17.7 Å². The molecule has 1 aromatic carbocycles. The number of hydrogen-bond acceptors (Lipinski definition) is 10. The molecule has 1 aliphatic heterocycles. The number of nitrogens with one attached hydrogen (secondary N) is 2. The maximum atomic E-state index is 15.4. The number of esters is 1. The average Bonchev–Trinajstić information content (AvgIpc) is 3.11. The fourth-order valence-electron chi connectivity index (χ4n) is 3.89. The van der Waals surface area contributed by atoms with Crippen LogP contribution in [0.1, 0.15) is 27.0 Å². The van der Waals surface area contributed by atoms with Gasteiger partial charge in [0, 0.05) is 23.8 Å². The van der Waals surface area contributed by atoms with Crippen LogP contribution in [-0.4, -0.2) is 61.7 Å². The molecule has 3 heterocycles. The van der Waals surface area contributed by atoms with Gasteiger partial charge in [-0.25, -0.2) is 13.8 Å². The van der Waals surface area contributed by atoms with Crippen molar-refractivity contribution in [3.05, 3.63) is 69.6 Å². The quantitative estimate of drug-likeness (QED) is 0.177. The van der Waals surface area contributed by atoms with E-state index in [1.807, 2.05) is 4.98 Å². The summed E-state index contributed by atoms with van der Waals surface area (Å²) in [5.41, 5.74) is -1.25. The summed E-state index contributed by atoms with van der Waals surface area (Å²) in [4.78, 5) is 42.2. The van der Waals surface area contributed by atoms with E-state index in [0.717, 1.165) is 12.3 Å². The van der Waals surface area contributed by atoms with Gasteiger partial charge >= 0.3 is 19.4 Å². The molecule has 1 saturated heterocycles. The molecule has 4 rings (SSSR count). The Morgan fingerprint density at radius 2 is 2.05 bits per heavy atom. The van der Waals surface area contributed by atoms with Crippen molar-refractivity contribution in [3.8, 4) is 5.75 Å². The van der Waals surface area contributed by atoms with Gasteiger partial charge in [0.2, 0.25) is 0 Å². The van der Waals surface area contributed by atoms with Crippen LogP contribution in [-0.2, 0) is 23.4 Å². The third-order valence-electron chi connectivity index (χ3n) is 5.77. The minimum Gasteiger partial charge on any atom is -0.462 e. The van der Waals surface area contributed by atoms with Gasteiger partial charge in [0.15, 0.2) is 6.23 Å². The highest BCUT2D eigenvalue weighted by molar-refractivity contribution is 7.52. The van der Waals surface area contributed by atoms with E-state index in [9.17, 15) is 24.1 Å². The molecule has 216 valence electrons. The Morgan fingerprint density at radius 3 is 2.75 bits per heavy atom. The van der Waals surface area contributed by atoms with Crippen LogP contribution in [0.3, 0.4) is 0 Å². The van der Waals surface area contributed by atoms with Crippen molar-refractivity contribution < 1.29 is 37.4 Å². The van der Waals surface area contributed by atoms with Crippen molar-refractivity contribution in [1.82, 2.24) is 19.6 Å². The predicted molar refractivity (Wildman–Crippen MR) is 141 cm³/mol. The molecule has 3 aromatic rings. The Hall–Kier alpha value is -3.13. The summed E-state index contributed by atoms with van der Waals surface area (Å²) in [6.07, 6.45) is -3.46. The number of fused-ring (bicyclic) bond motifs is 1. The Balaban J connectivity index is 1.60. The predicted octanol–water partition coefficient (Wildman–Crippen LogP) is 2.38. The van der Waals surface area contributed by atoms with Crippen molar-refractivity contribution in [1.29, 1.82) is 0 Å². The zero-order valence-corrected chi connectivity index (χ0v) is 23.2. The lowest BCUT2D eigenvalue weighted by Crippen LogP contribution is -2.42. The average molecular weight is 601 g/mol. The Kier molecular flexibility index (Phi) is 8.78. The number of hydrogen-bond donors (Lipinski definition) is 3. The lowest BCUT2D eigenvalue weighted by Gasteiger charge is -2.25. The zero-order chi connectivity index (χ0) is 29.2. The van der Waals surface area contributed by atoms with E-state index in [2.05, 4.69) is 10.1 Å². The maximum Gasteiger partial charge on any atom is 0.459 e. The van der Waals surface area contributed by atoms with Crippen LogP contribution in [0.15, 0.2) is 58.4 Å². The minimum atomic E-state index is -4.48. The zero-order valence-electron chi connectivity index (χ0n) is 21.5. The second-order valence-corrected chi connectivity index (χ2v) is 11.5. The molecule has 1 aliphatic rings. The van der Waals surface area contributed by atoms with Gasteiger partial charge in [-0.3, -0.25) is 28.6 Å².